The number of non-ortho nitro benzene ring substituents is 1. The number of nitro groups is 1. The summed E-state index contributed by atoms with van der Waals surface area (Å²) in [6, 6.07) is 9.58. The largest absolute Gasteiger partial charge is 0.872 e. The van der Waals surface area contributed by atoms with Crippen LogP contribution < -0.4 is 9.84 Å². The minimum atomic E-state index is -1.04. The number of benzene rings is 2. The molecule has 3 rings (SSSR count). The fourth-order valence-corrected chi connectivity index (χ4v) is 4.07. The van der Waals surface area contributed by atoms with Crippen molar-refractivity contribution < 1.29 is 24.7 Å². The van der Waals surface area contributed by atoms with Gasteiger partial charge in [-0.05, 0) is 44.6 Å². The van der Waals surface area contributed by atoms with Crippen LogP contribution in [0.5, 0.6) is 11.5 Å². The summed E-state index contributed by atoms with van der Waals surface area (Å²) in [6.07, 6.45) is 3.45. The SMILES string of the molecule is CN(C)C[C@H]1CCCC[C@]1(O)c1cccc(OC(=O)c2cc([N+](=O)[O-])ccc2[O-])c1. The Hall–Kier alpha value is -2.97. The van der Waals surface area contributed by atoms with Crippen molar-refractivity contribution in [3.05, 3.63) is 63.7 Å². The molecular formula is C22H25N2O6-. The van der Waals surface area contributed by atoms with Crippen LogP contribution >= 0.6 is 0 Å². The van der Waals surface area contributed by atoms with Crippen LogP contribution in [0, 0.1) is 16.0 Å². The first kappa shape index (κ1) is 21.7. The van der Waals surface area contributed by atoms with E-state index in [9.17, 15) is 25.1 Å². The van der Waals surface area contributed by atoms with Gasteiger partial charge in [-0.15, -0.1) is 0 Å². The summed E-state index contributed by atoms with van der Waals surface area (Å²) in [4.78, 5) is 24.8. The maximum absolute atomic E-state index is 12.5. The standard InChI is InChI=1S/C22H26N2O6/c1-23(2)14-16-6-3-4-11-22(16,27)15-7-5-8-18(12-15)30-21(26)19-13-17(24(28)29)9-10-20(19)25/h5,7-10,12-13,16,25,27H,3-4,6,11,14H2,1-2H3/p-1/t16-,22+/m1/s1. The molecule has 1 saturated carbocycles. The average Bonchev–Trinajstić information content (AvgIpc) is 2.69. The summed E-state index contributed by atoms with van der Waals surface area (Å²) in [5.74, 6) is -1.41. The van der Waals surface area contributed by atoms with Gasteiger partial charge in [-0.1, -0.05) is 36.8 Å². The van der Waals surface area contributed by atoms with E-state index in [4.69, 9.17) is 4.74 Å². The van der Waals surface area contributed by atoms with Crippen LogP contribution in [0.3, 0.4) is 0 Å². The van der Waals surface area contributed by atoms with Gasteiger partial charge in [0, 0.05) is 24.6 Å². The van der Waals surface area contributed by atoms with Crippen molar-refractivity contribution in [2.24, 2.45) is 5.92 Å². The number of rotatable bonds is 6. The van der Waals surface area contributed by atoms with E-state index in [0.29, 0.717) is 12.0 Å². The van der Waals surface area contributed by atoms with Gasteiger partial charge in [0.2, 0.25) is 0 Å². The Labute approximate surface area is 174 Å². The first-order valence-electron chi connectivity index (χ1n) is 9.86. The molecule has 30 heavy (non-hydrogen) atoms. The molecule has 8 heteroatoms. The van der Waals surface area contributed by atoms with Crippen molar-refractivity contribution in [2.75, 3.05) is 20.6 Å². The number of aliphatic hydroxyl groups is 1. The van der Waals surface area contributed by atoms with E-state index in [1.807, 2.05) is 19.0 Å². The van der Waals surface area contributed by atoms with Crippen LogP contribution in [0.15, 0.2) is 42.5 Å². The molecule has 0 saturated heterocycles. The third-order valence-electron chi connectivity index (χ3n) is 5.56. The molecule has 2 atom stereocenters. The van der Waals surface area contributed by atoms with Crippen LogP contribution in [0.4, 0.5) is 5.69 Å². The number of ether oxygens (including phenoxy) is 1. The second-order valence-electron chi connectivity index (χ2n) is 7.98. The van der Waals surface area contributed by atoms with E-state index in [0.717, 1.165) is 44.0 Å². The minimum Gasteiger partial charge on any atom is -0.872 e. The zero-order chi connectivity index (χ0) is 21.9. The molecule has 160 valence electrons. The summed E-state index contributed by atoms with van der Waals surface area (Å²) < 4.78 is 5.33. The number of hydrogen-bond donors (Lipinski definition) is 1. The van der Waals surface area contributed by atoms with E-state index < -0.39 is 27.8 Å². The molecule has 8 nitrogen and oxygen atoms in total. The van der Waals surface area contributed by atoms with E-state index in [1.54, 1.807) is 24.3 Å². The molecule has 0 amide bonds. The monoisotopic (exact) mass is 413 g/mol. The van der Waals surface area contributed by atoms with Gasteiger partial charge in [-0.25, -0.2) is 4.79 Å². The van der Waals surface area contributed by atoms with Crippen molar-refractivity contribution in [3.63, 3.8) is 0 Å². The van der Waals surface area contributed by atoms with E-state index in [1.165, 1.54) is 0 Å². The second kappa shape index (κ2) is 8.81. The van der Waals surface area contributed by atoms with Gasteiger partial charge in [0.05, 0.1) is 16.1 Å². The Kier molecular flexibility index (Phi) is 6.38. The van der Waals surface area contributed by atoms with Gasteiger partial charge in [0.25, 0.3) is 5.69 Å². The highest BCUT2D eigenvalue weighted by Gasteiger charge is 2.40. The normalized spacial score (nSPS) is 21.4. The Balaban J connectivity index is 1.86. The number of hydrogen-bond acceptors (Lipinski definition) is 7. The summed E-state index contributed by atoms with van der Waals surface area (Å²) in [6.45, 7) is 0.730. The smallest absolute Gasteiger partial charge is 0.343 e. The fraction of sp³-hybridized carbons (Fsp3) is 0.409. The topological polar surface area (TPSA) is 116 Å². The number of nitro benzene ring substituents is 1. The van der Waals surface area contributed by atoms with Gasteiger partial charge >= 0.3 is 5.97 Å². The van der Waals surface area contributed by atoms with Crippen LogP contribution in [0.25, 0.3) is 0 Å². The third-order valence-corrected chi connectivity index (χ3v) is 5.56. The van der Waals surface area contributed by atoms with Crippen molar-refractivity contribution >= 4 is 11.7 Å². The van der Waals surface area contributed by atoms with Crippen LogP contribution in [0.1, 0.15) is 41.6 Å². The third kappa shape index (κ3) is 4.60. The Morgan fingerprint density at radius 2 is 2.03 bits per heavy atom. The number of esters is 1. The highest BCUT2D eigenvalue weighted by molar-refractivity contribution is 5.94. The molecule has 1 aliphatic rings. The summed E-state index contributed by atoms with van der Waals surface area (Å²) in [5, 5.41) is 34.4. The lowest BCUT2D eigenvalue weighted by atomic mass is 9.71. The molecule has 1 fully saturated rings. The quantitative estimate of drug-likeness (QED) is 0.335. The van der Waals surface area contributed by atoms with Crippen LogP contribution in [-0.2, 0) is 5.60 Å². The molecule has 0 spiro atoms. The first-order valence-corrected chi connectivity index (χ1v) is 9.86. The van der Waals surface area contributed by atoms with E-state index in [-0.39, 0.29) is 17.4 Å². The zero-order valence-electron chi connectivity index (χ0n) is 17.0. The number of nitrogens with zero attached hydrogens (tertiary/aromatic N) is 2. The van der Waals surface area contributed by atoms with Gasteiger partial charge in [-0.3, -0.25) is 10.1 Å². The molecular weight excluding hydrogens is 388 g/mol. The number of carbonyl (C=O) groups is 1. The average molecular weight is 413 g/mol. The Bertz CT molecular complexity index is 945. The lowest BCUT2D eigenvalue weighted by Gasteiger charge is -2.41. The molecule has 0 heterocycles. The van der Waals surface area contributed by atoms with E-state index in [2.05, 4.69) is 0 Å². The number of carbonyl (C=O) groups excluding carboxylic acids is 1. The fourth-order valence-electron chi connectivity index (χ4n) is 4.07. The van der Waals surface area contributed by atoms with Gasteiger partial charge in [-0.2, -0.15) is 0 Å². The zero-order valence-corrected chi connectivity index (χ0v) is 17.0. The van der Waals surface area contributed by atoms with Gasteiger partial charge < -0.3 is 19.8 Å². The molecule has 2 aromatic rings. The Morgan fingerprint density at radius 3 is 2.73 bits per heavy atom. The lowest BCUT2D eigenvalue weighted by Crippen LogP contribution is -2.43. The van der Waals surface area contributed by atoms with Crippen molar-refractivity contribution in [1.82, 2.24) is 4.90 Å². The first-order chi connectivity index (χ1) is 14.2. The highest BCUT2D eigenvalue weighted by Crippen LogP contribution is 2.42. The van der Waals surface area contributed by atoms with Gasteiger partial charge in [0.1, 0.15) is 5.75 Å². The maximum atomic E-state index is 12.5. The van der Waals surface area contributed by atoms with E-state index >= 15 is 0 Å². The van der Waals surface area contributed by atoms with Crippen molar-refractivity contribution in [2.45, 2.75) is 31.3 Å². The minimum absolute atomic E-state index is 0.0391. The van der Waals surface area contributed by atoms with Gasteiger partial charge in [0.15, 0.2) is 0 Å². The predicted molar refractivity (Wildman–Crippen MR) is 108 cm³/mol. The Morgan fingerprint density at radius 1 is 1.27 bits per heavy atom. The molecule has 1 aliphatic carbocycles. The second-order valence-corrected chi connectivity index (χ2v) is 7.98. The molecule has 0 radical (unpaired) electrons. The predicted octanol–water partition coefficient (Wildman–Crippen LogP) is 2.83. The maximum Gasteiger partial charge on any atom is 0.343 e. The molecule has 0 unspecified atom stereocenters. The van der Waals surface area contributed by atoms with Crippen molar-refractivity contribution in [3.8, 4) is 11.5 Å². The molecule has 1 N–H and O–H groups in total. The lowest BCUT2D eigenvalue weighted by molar-refractivity contribution is -0.385. The van der Waals surface area contributed by atoms with Crippen LogP contribution in [0.2, 0.25) is 0 Å². The molecule has 2 aromatic carbocycles. The summed E-state index contributed by atoms with van der Waals surface area (Å²) >= 11 is 0. The highest BCUT2D eigenvalue weighted by atomic mass is 16.6. The summed E-state index contributed by atoms with van der Waals surface area (Å²) in [7, 11) is 3.93. The molecule has 0 aromatic heterocycles. The van der Waals surface area contributed by atoms with Crippen LogP contribution in [-0.4, -0.2) is 41.5 Å². The van der Waals surface area contributed by atoms with Crippen molar-refractivity contribution in [1.29, 1.82) is 0 Å². The molecule has 0 bridgehead atoms. The summed E-state index contributed by atoms with van der Waals surface area (Å²) in [5.41, 5.74) is -1.16. The molecule has 0 aliphatic heterocycles.